The molecular weight excluding hydrogens is 255 g/mol. The topological polar surface area (TPSA) is 51.2 Å². The molecule has 0 spiro atoms. The first kappa shape index (κ1) is 14.2. The lowest BCUT2D eigenvalue weighted by Crippen LogP contribution is -2.24. The van der Waals surface area contributed by atoms with Gasteiger partial charge in [-0.25, -0.2) is 4.57 Å². The van der Waals surface area contributed by atoms with Crippen LogP contribution in [0.4, 0.5) is 0 Å². The molecule has 2 aliphatic rings. The quantitative estimate of drug-likeness (QED) is 0.525. The summed E-state index contributed by atoms with van der Waals surface area (Å²) in [4.78, 5) is 0. The Kier molecular flexibility index (Phi) is 5.36. The van der Waals surface area contributed by atoms with Crippen LogP contribution >= 0.6 is 7.82 Å². The van der Waals surface area contributed by atoms with Gasteiger partial charge in [-0.05, 0) is 25.7 Å². The van der Waals surface area contributed by atoms with E-state index in [-0.39, 0.29) is 6.61 Å². The molecule has 0 unspecified atom stereocenters. The van der Waals surface area contributed by atoms with Crippen LogP contribution in [0, 0.1) is 0 Å². The maximum atomic E-state index is 12.5. The van der Waals surface area contributed by atoms with Gasteiger partial charge >= 0.3 is 7.82 Å². The van der Waals surface area contributed by atoms with Gasteiger partial charge < -0.3 is 0 Å². The van der Waals surface area contributed by atoms with Gasteiger partial charge in [-0.1, -0.05) is 6.08 Å². The molecule has 0 bridgehead atoms. The van der Waals surface area contributed by atoms with Crippen LogP contribution in [0.25, 0.3) is 0 Å². The maximum absolute atomic E-state index is 12.5. The highest BCUT2D eigenvalue weighted by Crippen LogP contribution is 2.51. The zero-order valence-corrected chi connectivity index (χ0v) is 11.5. The lowest BCUT2D eigenvalue weighted by molar-refractivity contribution is -0.128. The van der Waals surface area contributed by atoms with E-state index in [9.17, 15) is 4.57 Å². The number of hydrogen-bond donors (Lipinski definition) is 0. The summed E-state index contributed by atoms with van der Waals surface area (Å²) < 4.78 is 28.5. The van der Waals surface area contributed by atoms with Gasteiger partial charge in [-0.15, -0.1) is 6.58 Å². The van der Waals surface area contributed by atoms with Crippen LogP contribution in [0.2, 0.25) is 0 Å². The third-order valence-corrected chi connectivity index (χ3v) is 4.24. The van der Waals surface area contributed by atoms with E-state index in [1.165, 1.54) is 6.08 Å². The van der Waals surface area contributed by atoms with Crippen molar-refractivity contribution in [3.05, 3.63) is 12.7 Å². The van der Waals surface area contributed by atoms with Crippen molar-refractivity contribution in [2.45, 2.75) is 25.7 Å². The number of nitrogens with zero attached hydrogens (tertiary/aromatic N) is 2. The van der Waals surface area contributed by atoms with Crippen LogP contribution in [0.5, 0.6) is 0 Å². The maximum Gasteiger partial charge on any atom is 0.508 e. The summed E-state index contributed by atoms with van der Waals surface area (Å²) in [5.41, 5.74) is 0. The second-order valence-corrected chi connectivity index (χ2v) is 5.95. The molecule has 2 rings (SSSR count). The van der Waals surface area contributed by atoms with E-state index in [1.807, 2.05) is 0 Å². The molecule has 0 aromatic heterocycles. The third-order valence-electron chi connectivity index (χ3n) is 2.91. The Hall–Kier alpha value is -0.230. The van der Waals surface area contributed by atoms with Crippen molar-refractivity contribution in [3.8, 4) is 0 Å². The SMILES string of the molecule is C=CCOP(=O)(ON1CCCC1)ON1CCCC1. The molecule has 2 saturated heterocycles. The molecule has 0 atom stereocenters. The first-order chi connectivity index (χ1) is 8.72. The van der Waals surface area contributed by atoms with Crippen molar-refractivity contribution >= 4 is 7.82 Å². The summed E-state index contributed by atoms with van der Waals surface area (Å²) in [5.74, 6) is 0. The molecule has 0 aromatic carbocycles. The van der Waals surface area contributed by atoms with Gasteiger partial charge in [0, 0.05) is 26.2 Å². The summed E-state index contributed by atoms with van der Waals surface area (Å²) in [6.07, 6.45) is 5.72. The molecule has 0 N–H and O–H groups in total. The van der Waals surface area contributed by atoms with Crippen LogP contribution in [0.15, 0.2) is 12.7 Å². The monoisotopic (exact) mass is 276 g/mol. The van der Waals surface area contributed by atoms with Crippen LogP contribution in [0.1, 0.15) is 25.7 Å². The Morgan fingerprint density at radius 1 is 1.00 bits per heavy atom. The van der Waals surface area contributed by atoms with Crippen LogP contribution in [0.3, 0.4) is 0 Å². The second-order valence-electron chi connectivity index (χ2n) is 4.47. The number of hydrogen-bond acceptors (Lipinski definition) is 6. The van der Waals surface area contributed by atoms with Crippen LogP contribution in [-0.4, -0.2) is 42.9 Å². The van der Waals surface area contributed by atoms with Gasteiger partial charge in [-0.2, -0.15) is 19.4 Å². The van der Waals surface area contributed by atoms with Crippen molar-refractivity contribution in [2.75, 3.05) is 32.8 Å². The molecular formula is C11H21N2O4P. The van der Waals surface area contributed by atoms with Crippen molar-refractivity contribution < 1.29 is 18.3 Å². The van der Waals surface area contributed by atoms with Crippen molar-refractivity contribution in [2.24, 2.45) is 0 Å². The Morgan fingerprint density at radius 3 is 1.83 bits per heavy atom. The molecule has 18 heavy (non-hydrogen) atoms. The second kappa shape index (κ2) is 6.80. The third kappa shape index (κ3) is 4.16. The van der Waals surface area contributed by atoms with Gasteiger partial charge in [0.25, 0.3) is 0 Å². The first-order valence-corrected chi connectivity index (χ1v) is 7.93. The van der Waals surface area contributed by atoms with Crippen molar-refractivity contribution in [1.29, 1.82) is 0 Å². The van der Waals surface area contributed by atoms with E-state index in [1.54, 1.807) is 10.1 Å². The summed E-state index contributed by atoms with van der Waals surface area (Å²) in [5, 5.41) is 3.33. The molecule has 7 heteroatoms. The average Bonchev–Trinajstić information content (AvgIpc) is 3.00. The molecule has 2 fully saturated rings. The Balaban J connectivity index is 1.91. The molecule has 0 radical (unpaired) electrons. The Bertz CT molecular complexity index is 292. The molecule has 0 amide bonds. The molecule has 0 aromatic rings. The minimum atomic E-state index is -3.55. The van der Waals surface area contributed by atoms with Crippen molar-refractivity contribution in [1.82, 2.24) is 10.1 Å². The highest BCUT2D eigenvalue weighted by molar-refractivity contribution is 7.48. The zero-order valence-electron chi connectivity index (χ0n) is 10.6. The molecule has 104 valence electrons. The number of phosphoric acid groups is 1. The molecule has 2 heterocycles. The molecule has 0 aliphatic carbocycles. The predicted octanol–water partition coefficient (Wildman–Crippen LogP) is 2.35. The van der Waals surface area contributed by atoms with E-state index in [2.05, 4.69) is 6.58 Å². The molecule has 2 aliphatic heterocycles. The smallest absolute Gasteiger partial charge is 0.281 e. The minimum absolute atomic E-state index is 0.152. The van der Waals surface area contributed by atoms with Crippen molar-refractivity contribution in [3.63, 3.8) is 0 Å². The van der Waals surface area contributed by atoms with Crippen LogP contribution in [-0.2, 0) is 18.3 Å². The first-order valence-electron chi connectivity index (χ1n) is 6.47. The molecule has 0 saturated carbocycles. The lowest BCUT2D eigenvalue weighted by Gasteiger charge is -2.25. The summed E-state index contributed by atoms with van der Waals surface area (Å²) >= 11 is 0. The standard InChI is InChI=1S/C11H21N2O4P/c1-2-11-15-18(14,16-12-7-3-4-8-12)17-13-9-5-6-10-13/h2H,1,3-11H2. The van der Waals surface area contributed by atoms with E-state index < -0.39 is 7.82 Å². The number of rotatable bonds is 7. The van der Waals surface area contributed by atoms with E-state index >= 15 is 0 Å². The molecule has 6 nitrogen and oxygen atoms in total. The van der Waals surface area contributed by atoms with Gasteiger partial charge in [0.05, 0.1) is 6.61 Å². The fraction of sp³-hybridized carbons (Fsp3) is 0.818. The fourth-order valence-corrected chi connectivity index (χ4v) is 3.33. The van der Waals surface area contributed by atoms with Gasteiger partial charge in [0.1, 0.15) is 0 Å². The number of hydroxylamine groups is 4. The lowest BCUT2D eigenvalue weighted by atomic mass is 10.4. The average molecular weight is 276 g/mol. The Morgan fingerprint density at radius 2 is 1.44 bits per heavy atom. The Labute approximate surface area is 108 Å². The summed E-state index contributed by atoms with van der Waals surface area (Å²) in [7, 11) is -3.55. The minimum Gasteiger partial charge on any atom is -0.281 e. The van der Waals surface area contributed by atoms with Gasteiger partial charge in [0.2, 0.25) is 0 Å². The highest BCUT2D eigenvalue weighted by atomic mass is 31.2. The predicted molar refractivity (Wildman–Crippen MR) is 67.5 cm³/mol. The largest absolute Gasteiger partial charge is 0.508 e. The summed E-state index contributed by atoms with van der Waals surface area (Å²) in [6, 6.07) is 0. The summed E-state index contributed by atoms with van der Waals surface area (Å²) in [6.45, 7) is 6.77. The van der Waals surface area contributed by atoms with Gasteiger partial charge in [0.15, 0.2) is 0 Å². The van der Waals surface area contributed by atoms with Crippen LogP contribution < -0.4 is 0 Å². The normalized spacial score (nSPS) is 22.7. The fourth-order valence-electron chi connectivity index (χ4n) is 2.03. The van der Waals surface area contributed by atoms with E-state index in [0.29, 0.717) is 0 Å². The van der Waals surface area contributed by atoms with Gasteiger partial charge in [-0.3, -0.25) is 4.52 Å². The van der Waals surface area contributed by atoms with E-state index in [4.69, 9.17) is 13.8 Å². The highest BCUT2D eigenvalue weighted by Gasteiger charge is 2.35. The van der Waals surface area contributed by atoms with E-state index in [0.717, 1.165) is 51.9 Å². The zero-order chi connectivity index (χ0) is 12.8.